The van der Waals surface area contributed by atoms with E-state index < -0.39 is 17.3 Å². The van der Waals surface area contributed by atoms with Crippen LogP contribution in [0, 0.1) is 12.7 Å². The van der Waals surface area contributed by atoms with Gasteiger partial charge in [-0.3, -0.25) is 15.0 Å². The van der Waals surface area contributed by atoms with E-state index in [1.165, 1.54) is 24.3 Å². The lowest BCUT2D eigenvalue weighted by Crippen LogP contribution is -2.35. The molecule has 0 aliphatic heterocycles. The molecule has 0 saturated heterocycles. The number of nitrogens with one attached hydrogen (secondary N) is 1. The van der Waals surface area contributed by atoms with Gasteiger partial charge < -0.3 is 0 Å². The van der Waals surface area contributed by atoms with Crippen molar-refractivity contribution in [2.75, 3.05) is 5.43 Å². The lowest BCUT2D eigenvalue weighted by Gasteiger charge is -2.15. The number of para-hydroxylation sites is 1. The Hall–Kier alpha value is -3.80. The molecule has 4 rings (SSSR count). The van der Waals surface area contributed by atoms with Crippen LogP contribution in [-0.2, 0) is 0 Å². The number of carbonyl (C=O) groups is 1. The fraction of sp³-hybridized carbons (Fsp3) is 0.0455. The molecule has 0 aliphatic rings. The molecular formula is C22H16FN3O2. The summed E-state index contributed by atoms with van der Waals surface area (Å²) in [4.78, 5) is 30.3. The van der Waals surface area contributed by atoms with E-state index >= 15 is 0 Å². The number of hydrogen-bond donors (Lipinski definition) is 1. The molecule has 1 amide bonds. The van der Waals surface area contributed by atoms with Gasteiger partial charge in [0.05, 0.1) is 10.9 Å². The minimum absolute atomic E-state index is 0.227. The van der Waals surface area contributed by atoms with Gasteiger partial charge in [0.1, 0.15) is 5.82 Å². The highest BCUT2D eigenvalue weighted by molar-refractivity contribution is 6.00. The first kappa shape index (κ1) is 17.6. The summed E-state index contributed by atoms with van der Waals surface area (Å²) in [6, 6.07) is 19.5. The number of rotatable bonds is 3. The molecule has 0 bridgehead atoms. The number of nitrogens with zero attached hydrogens (tertiary/aromatic N) is 2. The highest BCUT2D eigenvalue weighted by Crippen LogP contribution is 2.19. The van der Waals surface area contributed by atoms with Crippen LogP contribution in [0.25, 0.3) is 22.3 Å². The van der Waals surface area contributed by atoms with Gasteiger partial charge >= 0.3 is 0 Å². The lowest BCUT2D eigenvalue weighted by molar-refractivity contribution is 0.101. The minimum Gasteiger partial charge on any atom is -0.267 e. The molecule has 3 aromatic carbocycles. The van der Waals surface area contributed by atoms with Crippen molar-refractivity contribution in [3.05, 3.63) is 100 Å². The molecule has 1 aromatic heterocycles. The third-order valence-corrected chi connectivity index (χ3v) is 4.37. The van der Waals surface area contributed by atoms with Gasteiger partial charge in [0, 0.05) is 11.1 Å². The summed E-state index contributed by atoms with van der Waals surface area (Å²) >= 11 is 0. The van der Waals surface area contributed by atoms with E-state index in [9.17, 15) is 14.0 Å². The number of amides is 1. The topological polar surface area (TPSA) is 64.0 Å². The molecule has 0 spiro atoms. The summed E-state index contributed by atoms with van der Waals surface area (Å²) in [7, 11) is 0. The summed E-state index contributed by atoms with van der Waals surface area (Å²) in [5.41, 5.74) is 4.57. The molecule has 0 radical (unpaired) electrons. The van der Waals surface area contributed by atoms with Crippen LogP contribution in [0.2, 0.25) is 0 Å². The van der Waals surface area contributed by atoms with Crippen LogP contribution in [0.1, 0.15) is 15.9 Å². The van der Waals surface area contributed by atoms with Crippen molar-refractivity contribution in [3.8, 4) is 11.4 Å². The summed E-state index contributed by atoms with van der Waals surface area (Å²) in [5.74, 6) is -0.613. The van der Waals surface area contributed by atoms with E-state index in [0.29, 0.717) is 22.0 Å². The molecule has 1 N–H and O–H groups in total. The maximum Gasteiger partial charge on any atom is 0.280 e. The van der Waals surface area contributed by atoms with E-state index in [1.54, 1.807) is 42.5 Å². The standard InChI is InChI=1S/C22H16FN3O2/c1-14-5-4-6-16(13-14)21(27)25-26-20(15-9-11-17(23)12-10-15)24-19-8-3-2-7-18(19)22(26)28/h2-13H,1H3,(H,25,27). The Bertz CT molecular complexity index is 1250. The molecule has 6 heteroatoms. The first-order valence-electron chi connectivity index (χ1n) is 8.69. The first-order chi connectivity index (χ1) is 13.5. The molecule has 0 fully saturated rings. The van der Waals surface area contributed by atoms with Crippen molar-refractivity contribution >= 4 is 16.8 Å². The second-order valence-corrected chi connectivity index (χ2v) is 6.41. The first-order valence-corrected chi connectivity index (χ1v) is 8.69. The molecule has 5 nitrogen and oxygen atoms in total. The quantitative estimate of drug-likeness (QED) is 0.592. The summed E-state index contributed by atoms with van der Waals surface area (Å²) < 4.78 is 14.5. The number of halogens is 1. The molecule has 0 aliphatic carbocycles. The number of carbonyl (C=O) groups excluding carboxylic acids is 1. The van der Waals surface area contributed by atoms with Crippen LogP contribution in [0.3, 0.4) is 0 Å². The van der Waals surface area contributed by atoms with Crippen LogP contribution >= 0.6 is 0 Å². The van der Waals surface area contributed by atoms with Crippen molar-refractivity contribution in [1.82, 2.24) is 9.66 Å². The van der Waals surface area contributed by atoms with Gasteiger partial charge in [0.15, 0.2) is 5.82 Å². The van der Waals surface area contributed by atoms with E-state index in [4.69, 9.17) is 0 Å². The zero-order valence-electron chi connectivity index (χ0n) is 15.0. The monoisotopic (exact) mass is 373 g/mol. The number of aromatic nitrogens is 2. The molecule has 4 aromatic rings. The predicted molar refractivity (Wildman–Crippen MR) is 106 cm³/mol. The highest BCUT2D eigenvalue weighted by atomic mass is 19.1. The number of fused-ring (bicyclic) bond motifs is 1. The van der Waals surface area contributed by atoms with Crippen molar-refractivity contribution in [1.29, 1.82) is 0 Å². The number of aryl methyl sites for hydroxylation is 1. The predicted octanol–water partition coefficient (Wildman–Crippen LogP) is 3.89. The van der Waals surface area contributed by atoms with Crippen LogP contribution in [-0.4, -0.2) is 15.6 Å². The maximum atomic E-state index is 13.3. The second-order valence-electron chi connectivity index (χ2n) is 6.41. The average molecular weight is 373 g/mol. The second kappa shape index (κ2) is 7.08. The lowest BCUT2D eigenvalue weighted by atomic mass is 10.1. The van der Waals surface area contributed by atoms with Gasteiger partial charge in [-0.25, -0.2) is 9.37 Å². The van der Waals surface area contributed by atoms with Crippen LogP contribution in [0.4, 0.5) is 4.39 Å². The van der Waals surface area contributed by atoms with E-state index in [-0.39, 0.29) is 5.82 Å². The zero-order valence-corrected chi connectivity index (χ0v) is 15.0. The molecule has 0 unspecified atom stereocenters. The van der Waals surface area contributed by atoms with E-state index in [2.05, 4.69) is 10.4 Å². The van der Waals surface area contributed by atoms with Crippen molar-refractivity contribution < 1.29 is 9.18 Å². The molecular weight excluding hydrogens is 357 g/mol. The fourth-order valence-electron chi connectivity index (χ4n) is 2.98. The zero-order chi connectivity index (χ0) is 19.7. The van der Waals surface area contributed by atoms with Crippen LogP contribution in [0.15, 0.2) is 77.6 Å². The Morgan fingerprint density at radius 3 is 2.50 bits per heavy atom. The smallest absolute Gasteiger partial charge is 0.267 e. The van der Waals surface area contributed by atoms with E-state index in [0.717, 1.165) is 10.2 Å². The highest BCUT2D eigenvalue weighted by Gasteiger charge is 2.16. The summed E-state index contributed by atoms with van der Waals surface area (Å²) in [5, 5.41) is 0.373. The summed E-state index contributed by atoms with van der Waals surface area (Å²) in [6.45, 7) is 1.88. The normalized spacial score (nSPS) is 10.8. The van der Waals surface area contributed by atoms with Gasteiger partial charge in [0.25, 0.3) is 11.5 Å². The minimum atomic E-state index is -0.439. The van der Waals surface area contributed by atoms with E-state index in [1.807, 2.05) is 13.0 Å². The van der Waals surface area contributed by atoms with Gasteiger partial charge in [-0.1, -0.05) is 29.8 Å². The van der Waals surface area contributed by atoms with Gasteiger partial charge in [-0.05, 0) is 55.5 Å². The van der Waals surface area contributed by atoms with Crippen LogP contribution in [0.5, 0.6) is 0 Å². The fourth-order valence-corrected chi connectivity index (χ4v) is 2.98. The van der Waals surface area contributed by atoms with Crippen molar-refractivity contribution in [2.45, 2.75) is 6.92 Å². The van der Waals surface area contributed by atoms with Gasteiger partial charge in [-0.2, -0.15) is 4.68 Å². The molecule has 0 saturated carbocycles. The van der Waals surface area contributed by atoms with Crippen molar-refractivity contribution in [3.63, 3.8) is 0 Å². The van der Waals surface area contributed by atoms with Crippen molar-refractivity contribution in [2.24, 2.45) is 0 Å². The Morgan fingerprint density at radius 1 is 1.00 bits per heavy atom. The number of hydrogen-bond acceptors (Lipinski definition) is 3. The Balaban J connectivity index is 1.89. The largest absolute Gasteiger partial charge is 0.280 e. The molecule has 28 heavy (non-hydrogen) atoms. The average Bonchev–Trinajstić information content (AvgIpc) is 2.70. The third kappa shape index (κ3) is 3.27. The molecule has 1 heterocycles. The summed E-state index contributed by atoms with van der Waals surface area (Å²) in [6.07, 6.45) is 0. The molecule has 0 atom stereocenters. The third-order valence-electron chi connectivity index (χ3n) is 4.37. The Kier molecular flexibility index (Phi) is 4.45. The van der Waals surface area contributed by atoms with Gasteiger partial charge in [-0.15, -0.1) is 0 Å². The van der Waals surface area contributed by atoms with Crippen LogP contribution < -0.4 is 11.0 Å². The SMILES string of the molecule is Cc1cccc(C(=O)Nn2c(-c3ccc(F)cc3)nc3ccccc3c2=O)c1. The Morgan fingerprint density at radius 2 is 1.75 bits per heavy atom. The maximum absolute atomic E-state index is 13.3. The Labute approximate surface area is 160 Å². The molecule has 138 valence electrons. The van der Waals surface area contributed by atoms with Gasteiger partial charge in [0.2, 0.25) is 0 Å². The number of benzene rings is 3.